The van der Waals surface area contributed by atoms with E-state index in [0.29, 0.717) is 5.11 Å². The zero-order valence-corrected chi connectivity index (χ0v) is 13.6. The van der Waals surface area contributed by atoms with Gasteiger partial charge < -0.3 is 10.1 Å². The normalized spacial score (nSPS) is 11.0. The maximum Gasteiger partial charge on any atom is 0.191 e. The van der Waals surface area contributed by atoms with Gasteiger partial charge in [0.05, 0.1) is 17.7 Å². The van der Waals surface area contributed by atoms with Crippen LogP contribution >= 0.6 is 23.6 Å². The molecule has 110 valence electrons. The molecule has 0 saturated carbocycles. The van der Waals surface area contributed by atoms with Crippen LogP contribution in [0.5, 0.6) is 5.75 Å². The molecule has 0 aliphatic heterocycles. The third-order valence-corrected chi connectivity index (χ3v) is 3.89. The molecule has 2 rings (SSSR count). The molecule has 0 radical (unpaired) electrons. The molecule has 0 aliphatic carbocycles. The van der Waals surface area contributed by atoms with E-state index in [1.54, 1.807) is 18.4 Å². The predicted octanol–water partition coefficient (Wildman–Crippen LogP) is 3.86. The molecule has 1 heterocycles. The number of benzene rings is 1. The lowest BCUT2D eigenvalue weighted by molar-refractivity contribution is 0.415. The zero-order chi connectivity index (χ0) is 15.1. The highest BCUT2D eigenvalue weighted by Crippen LogP contribution is 2.15. The predicted molar refractivity (Wildman–Crippen MR) is 93.5 cm³/mol. The Morgan fingerprint density at radius 1 is 1.29 bits per heavy atom. The summed E-state index contributed by atoms with van der Waals surface area (Å²) in [6.45, 7) is 2.07. The van der Waals surface area contributed by atoms with Gasteiger partial charge in [-0.3, -0.25) is 5.43 Å². The summed E-state index contributed by atoms with van der Waals surface area (Å²) in [4.78, 5) is 1.15. The minimum atomic E-state index is 0.461. The molecular weight excluding hydrogens is 302 g/mol. The molecule has 0 bridgehead atoms. The number of anilines is 1. The number of thiophene rings is 1. The van der Waals surface area contributed by atoms with Gasteiger partial charge in [0.15, 0.2) is 5.11 Å². The van der Waals surface area contributed by atoms with Crippen molar-refractivity contribution in [2.45, 2.75) is 13.3 Å². The van der Waals surface area contributed by atoms with Crippen LogP contribution in [-0.2, 0) is 0 Å². The molecule has 1 aromatic carbocycles. The Kier molecular flexibility index (Phi) is 5.71. The molecule has 2 N–H and O–H groups in total. The summed E-state index contributed by atoms with van der Waals surface area (Å²) >= 11 is 6.90. The van der Waals surface area contributed by atoms with Crippen LogP contribution in [0.25, 0.3) is 0 Å². The maximum atomic E-state index is 5.24. The molecule has 0 unspecified atom stereocenters. The lowest BCUT2D eigenvalue weighted by atomic mass is 10.2. The standard InChI is InChI=1S/C15H17N3OS2/c1-3-13(14-5-4-10-21-14)17-18-15(20)16-11-6-8-12(19-2)9-7-11/h4-10H,3H2,1-2H3,(H2,16,18,20)/b17-13-. The minimum absolute atomic E-state index is 0.461. The number of nitrogens with one attached hydrogen (secondary N) is 2. The average Bonchev–Trinajstić information content (AvgIpc) is 3.03. The molecule has 21 heavy (non-hydrogen) atoms. The second-order valence-corrected chi connectivity index (χ2v) is 5.54. The minimum Gasteiger partial charge on any atom is -0.497 e. The molecule has 0 saturated heterocycles. The summed E-state index contributed by atoms with van der Waals surface area (Å²) in [5.41, 5.74) is 4.76. The number of rotatable bonds is 5. The quantitative estimate of drug-likeness (QED) is 0.499. The van der Waals surface area contributed by atoms with Gasteiger partial charge >= 0.3 is 0 Å². The Morgan fingerprint density at radius 2 is 2.05 bits per heavy atom. The Labute approximate surface area is 133 Å². The van der Waals surface area contributed by atoms with Crippen LogP contribution < -0.4 is 15.5 Å². The van der Waals surface area contributed by atoms with Crippen molar-refractivity contribution in [3.05, 3.63) is 46.7 Å². The number of thiocarbonyl (C=S) groups is 1. The van der Waals surface area contributed by atoms with Crippen molar-refractivity contribution in [1.29, 1.82) is 0 Å². The van der Waals surface area contributed by atoms with Crippen molar-refractivity contribution in [3.8, 4) is 5.75 Å². The SMILES string of the molecule is CC/C(=N/NC(=S)Nc1ccc(OC)cc1)c1cccs1. The highest BCUT2D eigenvalue weighted by molar-refractivity contribution is 7.80. The molecule has 0 aliphatic rings. The fourth-order valence-corrected chi connectivity index (χ4v) is 2.65. The largest absolute Gasteiger partial charge is 0.497 e. The average molecular weight is 319 g/mol. The first-order chi connectivity index (χ1) is 10.2. The Morgan fingerprint density at radius 3 is 2.62 bits per heavy atom. The van der Waals surface area contributed by atoms with Gasteiger partial charge in [-0.2, -0.15) is 5.10 Å². The third-order valence-electron chi connectivity index (χ3n) is 2.78. The van der Waals surface area contributed by atoms with Crippen LogP contribution in [0.15, 0.2) is 46.9 Å². The van der Waals surface area contributed by atoms with Crippen LogP contribution in [0.4, 0.5) is 5.69 Å². The monoisotopic (exact) mass is 319 g/mol. The lowest BCUT2D eigenvalue weighted by Gasteiger charge is -2.09. The van der Waals surface area contributed by atoms with E-state index < -0.39 is 0 Å². The topological polar surface area (TPSA) is 45.7 Å². The number of methoxy groups -OCH3 is 1. The van der Waals surface area contributed by atoms with E-state index in [9.17, 15) is 0 Å². The maximum absolute atomic E-state index is 5.24. The molecule has 4 nitrogen and oxygen atoms in total. The zero-order valence-electron chi connectivity index (χ0n) is 11.9. The summed E-state index contributed by atoms with van der Waals surface area (Å²) in [6.07, 6.45) is 0.846. The van der Waals surface area contributed by atoms with Gasteiger partial charge in [0.2, 0.25) is 0 Å². The molecule has 0 amide bonds. The molecule has 6 heteroatoms. The Hall–Kier alpha value is -1.92. The van der Waals surface area contributed by atoms with Crippen LogP contribution in [0.1, 0.15) is 18.2 Å². The molecule has 1 aromatic heterocycles. The molecule has 0 atom stereocenters. The van der Waals surface area contributed by atoms with Gasteiger partial charge in [0.1, 0.15) is 5.75 Å². The van der Waals surface area contributed by atoms with Crippen LogP contribution in [0, 0.1) is 0 Å². The number of hydrogen-bond donors (Lipinski definition) is 2. The highest BCUT2D eigenvalue weighted by atomic mass is 32.1. The van der Waals surface area contributed by atoms with Gasteiger partial charge in [0, 0.05) is 5.69 Å². The third kappa shape index (κ3) is 4.54. The summed E-state index contributed by atoms with van der Waals surface area (Å²) in [6, 6.07) is 11.6. The second kappa shape index (κ2) is 7.75. The summed E-state index contributed by atoms with van der Waals surface area (Å²) in [7, 11) is 1.64. The lowest BCUT2D eigenvalue weighted by Crippen LogP contribution is -2.25. The van der Waals surface area contributed by atoms with Gasteiger partial charge in [-0.1, -0.05) is 13.0 Å². The first kappa shape index (κ1) is 15.5. The first-order valence-electron chi connectivity index (χ1n) is 6.54. The van der Waals surface area contributed by atoms with Crippen molar-refractivity contribution >= 4 is 40.1 Å². The highest BCUT2D eigenvalue weighted by Gasteiger charge is 2.03. The van der Waals surface area contributed by atoms with Gasteiger partial charge in [0.25, 0.3) is 0 Å². The van der Waals surface area contributed by atoms with Crippen molar-refractivity contribution in [2.24, 2.45) is 5.10 Å². The number of hydrazone groups is 1. The van der Waals surface area contributed by atoms with Crippen LogP contribution in [-0.4, -0.2) is 17.9 Å². The van der Waals surface area contributed by atoms with Crippen molar-refractivity contribution < 1.29 is 4.74 Å². The number of ether oxygens (including phenoxy) is 1. The van der Waals surface area contributed by atoms with E-state index >= 15 is 0 Å². The molecule has 2 aromatic rings. The van der Waals surface area contributed by atoms with Crippen molar-refractivity contribution in [3.63, 3.8) is 0 Å². The fraction of sp³-hybridized carbons (Fsp3) is 0.200. The number of nitrogens with zero attached hydrogens (tertiary/aromatic N) is 1. The smallest absolute Gasteiger partial charge is 0.191 e. The van der Waals surface area contributed by atoms with Crippen molar-refractivity contribution in [2.75, 3.05) is 12.4 Å². The van der Waals surface area contributed by atoms with Crippen molar-refractivity contribution in [1.82, 2.24) is 5.43 Å². The second-order valence-electron chi connectivity index (χ2n) is 4.18. The van der Waals surface area contributed by atoms with Gasteiger partial charge in [-0.05, 0) is 54.4 Å². The van der Waals surface area contributed by atoms with E-state index in [-0.39, 0.29) is 0 Å². The Bertz CT molecular complexity index is 606. The summed E-state index contributed by atoms with van der Waals surface area (Å²) in [5.74, 6) is 0.809. The van der Waals surface area contributed by atoms with Crippen LogP contribution in [0.3, 0.4) is 0 Å². The van der Waals surface area contributed by atoms with E-state index in [1.807, 2.05) is 35.7 Å². The summed E-state index contributed by atoms with van der Waals surface area (Å²) < 4.78 is 5.11. The van der Waals surface area contributed by atoms with E-state index in [0.717, 1.165) is 28.4 Å². The van der Waals surface area contributed by atoms with Gasteiger partial charge in [-0.25, -0.2) is 0 Å². The van der Waals surface area contributed by atoms with Gasteiger partial charge in [-0.15, -0.1) is 11.3 Å². The number of hydrogen-bond acceptors (Lipinski definition) is 4. The van der Waals surface area contributed by atoms with E-state index in [2.05, 4.69) is 28.8 Å². The first-order valence-corrected chi connectivity index (χ1v) is 7.83. The van der Waals surface area contributed by atoms with Crippen LogP contribution in [0.2, 0.25) is 0 Å². The molecular formula is C15H17N3OS2. The molecule has 0 spiro atoms. The molecule has 0 fully saturated rings. The summed E-state index contributed by atoms with van der Waals surface area (Å²) in [5, 5.41) is 9.94. The van der Waals surface area contributed by atoms with E-state index in [4.69, 9.17) is 17.0 Å². The van der Waals surface area contributed by atoms with E-state index in [1.165, 1.54) is 0 Å². The fourth-order valence-electron chi connectivity index (χ4n) is 1.70. The Balaban J connectivity index is 1.94.